The molecular formula is C10H8FN3O4. The van der Waals surface area contributed by atoms with E-state index in [1.807, 2.05) is 0 Å². The van der Waals surface area contributed by atoms with E-state index in [0.717, 1.165) is 12.1 Å². The second-order valence-corrected chi connectivity index (χ2v) is 3.29. The molecule has 0 spiro atoms. The monoisotopic (exact) mass is 253 g/mol. The fourth-order valence-corrected chi connectivity index (χ4v) is 1.44. The number of methoxy groups -OCH3 is 2. The molecule has 0 bridgehead atoms. The first-order chi connectivity index (χ1) is 8.56. The predicted octanol–water partition coefficient (Wildman–Crippen LogP) is 1.69. The number of nitro benzene ring substituents is 1. The zero-order chi connectivity index (χ0) is 13.3. The summed E-state index contributed by atoms with van der Waals surface area (Å²) in [6.07, 6.45) is 0. The van der Waals surface area contributed by atoms with Gasteiger partial charge in [-0.2, -0.15) is 4.39 Å². The molecule has 0 N–H and O–H groups in total. The first-order valence-electron chi connectivity index (χ1n) is 4.80. The lowest BCUT2D eigenvalue weighted by atomic mass is 10.2. The average molecular weight is 253 g/mol. The predicted molar refractivity (Wildman–Crippen MR) is 59.3 cm³/mol. The van der Waals surface area contributed by atoms with Gasteiger partial charge in [0.15, 0.2) is 0 Å². The Morgan fingerprint density at radius 1 is 1.17 bits per heavy atom. The van der Waals surface area contributed by atoms with E-state index in [4.69, 9.17) is 9.47 Å². The van der Waals surface area contributed by atoms with Crippen molar-refractivity contribution < 1.29 is 18.8 Å². The minimum Gasteiger partial charge on any atom is -0.477 e. The molecule has 18 heavy (non-hydrogen) atoms. The molecule has 0 atom stereocenters. The van der Waals surface area contributed by atoms with Crippen LogP contribution in [0.2, 0.25) is 0 Å². The van der Waals surface area contributed by atoms with Gasteiger partial charge in [-0.3, -0.25) is 10.1 Å². The smallest absolute Gasteiger partial charge is 0.307 e. The van der Waals surface area contributed by atoms with Crippen molar-refractivity contribution in [2.24, 2.45) is 0 Å². The summed E-state index contributed by atoms with van der Waals surface area (Å²) in [6, 6.07) is 1.93. The SMILES string of the molecule is COc1nc2cc(F)c([N+](=O)[O-])cc2nc1OC. The Morgan fingerprint density at radius 2 is 1.67 bits per heavy atom. The first-order valence-corrected chi connectivity index (χ1v) is 4.80. The fourth-order valence-electron chi connectivity index (χ4n) is 1.44. The molecule has 0 saturated carbocycles. The van der Waals surface area contributed by atoms with Crippen molar-refractivity contribution in [2.75, 3.05) is 14.2 Å². The molecular weight excluding hydrogens is 245 g/mol. The minimum atomic E-state index is -0.978. The number of hydrogen-bond donors (Lipinski definition) is 0. The van der Waals surface area contributed by atoms with Crippen molar-refractivity contribution in [3.8, 4) is 11.8 Å². The summed E-state index contributed by atoms with van der Waals surface area (Å²) in [5.41, 5.74) is -0.361. The van der Waals surface area contributed by atoms with Gasteiger partial charge in [0.2, 0.25) is 5.82 Å². The maximum Gasteiger partial charge on any atom is 0.307 e. The van der Waals surface area contributed by atoms with Crippen LogP contribution in [0.4, 0.5) is 10.1 Å². The van der Waals surface area contributed by atoms with Gasteiger partial charge >= 0.3 is 5.69 Å². The highest BCUT2D eigenvalue weighted by atomic mass is 19.1. The Balaban J connectivity index is 2.73. The van der Waals surface area contributed by atoms with Crippen LogP contribution >= 0.6 is 0 Å². The lowest BCUT2D eigenvalue weighted by Gasteiger charge is -2.06. The highest BCUT2D eigenvalue weighted by Gasteiger charge is 2.18. The summed E-state index contributed by atoms with van der Waals surface area (Å²) >= 11 is 0. The first kappa shape index (κ1) is 12.0. The van der Waals surface area contributed by atoms with Crippen LogP contribution in [0.25, 0.3) is 11.0 Å². The van der Waals surface area contributed by atoms with Gasteiger partial charge in [0.1, 0.15) is 5.52 Å². The van der Waals surface area contributed by atoms with Gasteiger partial charge in [-0.15, -0.1) is 0 Å². The summed E-state index contributed by atoms with van der Waals surface area (Å²) in [7, 11) is 2.72. The number of hydrogen-bond acceptors (Lipinski definition) is 6. The van der Waals surface area contributed by atoms with Gasteiger partial charge in [0.05, 0.1) is 24.7 Å². The van der Waals surface area contributed by atoms with Gasteiger partial charge in [-0.05, 0) is 0 Å². The molecule has 8 heteroatoms. The molecule has 1 aromatic carbocycles. The highest BCUT2D eigenvalue weighted by molar-refractivity contribution is 5.78. The quantitative estimate of drug-likeness (QED) is 0.611. The Morgan fingerprint density at radius 3 is 2.11 bits per heavy atom. The van der Waals surface area contributed by atoms with Gasteiger partial charge in [0, 0.05) is 12.1 Å². The third kappa shape index (κ3) is 1.88. The summed E-state index contributed by atoms with van der Waals surface area (Å²) < 4.78 is 23.2. The Bertz CT molecular complexity index is 632. The summed E-state index contributed by atoms with van der Waals surface area (Å²) in [5.74, 6) is -0.821. The van der Waals surface area contributed by atoms with Gasteiger partial charge in [-0.1, -0.05) is 0 Å². The fraction of sp³-hybridized carbons (Fsp3) is 0.200. The van der Waals surface area contributed by atoms with E-state index < -0.39 is 16.4 Å². The van der Waals surface area contributed by atoms with E-state index in [2.05, 4.69) is 9.97 Å². The number of nitro groups is 1. The number of rotatable bonds is 3. The van der Waals surface area contributed by atoms with Crippen LogP contribution < -0.4 is 9.47 Å². The van der Waals surface area contributed by atoms with Crippen LogP contribution in [0.15, 0.2) is 12.1 Å². The summed E-state index contributed by atoms with van der Waals surface area (Å²) in [5, 5.41) is 10.6. The summed E-state index contributed by atoms with van der Waals surface area (Å²) in [4.78, 5) is 17.7. The zero-order valence-corrected chi connectivity index (χ0v) is 9.51. The molecule has 7 nitrogen and oxygen atoms in total. The third-order valence-corrected chi connectivity index (χ3v) is 2.25. The van der Waals surface area contributed by atoms with Gasteiger partial charge in [0.25, 0.3) is 11.8 Å². The van der Waals surface area contributed by atoms with E-state index in [1.54, 1.807) is 0 Å². The van der Waals surface area contributed by atoms with E-state index >= 15 is 0 Å². The van der Waals surface area contributed by atoms with Crippen molar-refractivity contribution in [2.45, 2.75) is 0 Å². The van der Waals surface area contributed by atoms with Crippen LogP contribution in [-0.4, -0.2) is 29.1 Å². The molecule has 0 radical (unpaired) electrons. The van der Waals surface area contributed by atoms with E-state index in [1.165, 1.54) is 14.2 Å². The number of ether oxygens (including phenoxy) is 2. The van der Waals surface area contributed by atoms with Crippen LogP contribution in [-0.2, 0) is 0 Å². The standard InChI is InChI=1S/C10H8FN3O4/c1-17-9-10(18-2)13-7-4-8(14(15)16)5(11)3-6(7)12-9/h3-4H,1-2H3. The van der Waals surface area contributed by atoms with Crippen molar-refractivity contribution in [1.29, 1.82) is 0 Å². The maximum absolute atomic E-state index is 13.4. The minimum absolute atomic E-state index is 0.0749. The second kappa shape index (κ2) is 4.40. The molecule has 0 saturated heterocycles. The molecule has 0 aliphatic rings. The molecule has 0 aliphatic carbocycles. The second-order valence-electron chi connectivity index (χ2n) is 3.29. The number of fused-ring (bicyclic) bond motifs is 1. The molecule has 1 heterocycles. The molecule has 0 aliphatic heterocycles. The van der Waals surface area contributed by atoms with Crippen LogP contribution in [0.1, 0.15) is 0 Å². The Labute approximate surface area is 100 Å². The van der Waals surface area contributed by atoms with Crippen LogP contribution in [0.5, 0.6) is 11.8 Å². The number of halogens is 1. The molecule has 0 fully saturated rings. The highest BCUT2D eigenvalue weighted by Crippen LogP contribution is 2.28. The van der Waals surface area contributed by atoms with Gasteiger partial charge in [-0.25, -0.2) is 9.97 Å². The lowest BCUT2D eigenvalue weighted by molar-refractivity contribution is -0.387. The molecule has 2 rings (SSSR count). The number of nitrogens with zero attached hydrogens (tertiary/aromatic N) is 3. The molecule has 94 valence electrons. The molecule has 2 aromatic rings. The normalized spacial score (nSPS) is 10.4. The molecule has 0 amide bonds. The van der Waals surface area contributed by atoms with Crippen molar-refractivity contribution in [3.05, 3.63) is 28.1 Å². The molecule has 1 aromatic heterocycles. The van der Waals surface area contributed by atoms with Crippen molar-refractivity contribution >= 4 is 16.7 Å². The number of benzene rings is 1. The van der Waals surface area contributed by atoms with Crippen molar-refractivity contribution in [1.82, 2.24) is 9.97 Å². The Kier molecular flexibility index (Phi) is 2.92. The van der Waals surface area contributed by atoms with Crippen LogP contribution in [0.3, 0.4) is 0 Å². The topological polar surface area (TPSA) is 87.4 Å². The van der Waals surface area contributed by atoms with E-state index in [9.17, 15) is 14.5 Å². The van der Waals surface area contributed by atoms with Crippen LogP contribution in [0, 0.1) is 15.9 Å². The average Bonchev–Trinajstić information content (AvgIpc) is 2.36. The Hall–Kier alpha value is -2.51. The summed E-state index contributed by atoms with van der Waals surface area (Å²) in [6.45, 7) is 0. The van der Waals surface area contributed by atoms with Crippen molar-refractivity contribution in [3.63, 3.8) is 0 Å². The number of aromatic nitrogens is 2. The largest absolute Gasteiger partial charge is 0.477 e. The zero-order valence-electron chi connectivity index (χ0n) is 9.51. The molecule has 0 unspecified atom stereocenters. The van der Waals surface area contributed by atoms with E-state index in [-0.39, 0.29) is 22.8 Å². The maximum atomic E-state index is 13.4. The lowest BCUT2D eigenvalue weighted by Crippen LogP contribution is -1.99. The third-order valence-electron chi connectivity index (χ3n) is 2.25. The van der Waals surface area contributed by atoms with Gasteiger partial charge < -0.3 is 9.47 Å². The van der Waals surface area contributed by atoms with E-state index in [0.29, 0.717) is 0 Å².